The van der Waals surface area contributed by atoms with Crippen LogP contribution in [0.5, 0.6) is 0 Å². The largest absolute Gasteiger partial charge is 0.334 e. The van der Waals surface area contributed by atoms with Gasteiger partial charge in [-0.2, -0.15) is 0 Å². The van der Waals surface area contributed by atoms with Gasteiger partial charge in [0, 0.05) is 30.3 Å². The molecule has 0 aliphatic heterocycles. The summed E-state index contributed by atoms with van der Waals surface area (Å²) in [7, 11) is 0. The molecule has 0 aliphatic rings. The third-order valence-corrected chi connectivity index (χ3v) is 7.13. The molecule has 0 saturated heterocycles. The normalized spacial score (nSPS) is 11.5. The van der Waals surface area contributed by atoms with Gasteiger partial charge in [0.1, 0.15) is 24.0 Å². The molecule has 0 aromatic heterocycles. The molecule has 0 aliphatic carbocycles. The summed E-state index contributed by atoms with van der Waals surface area (Å²) in [6.45, 7) is 12.5. The quantitative estimate of drug-likeness (QED) is 0.186. The van der Waals surface area contributed by atoms with Crippen LogP contribution >= 0.6 is 0 Å². The fourth-order valence-corrected chi connectivity index (χ4v) is 5.03. The van der Waals surface area contributed by atoms with E-state index in [2.05, 4.69) is 13.8 Å². The second-order valence-corrected chi connectivity index (χ2v) is 10.1. The first-order valence-electron chi connectivity index (χ1n) is 13.0. The van der Waals surface area contributed by atoms with E-state index in [1.54, 1.807) is 4.90 Å². The summed E-state index contributed by atoms with van der Waals surface area (Å²) in [4.78, 5) is 15.2. The van der Waals surface area contributed by atoms with Gasteiger partial charge in [-0.25, -0.2) is 13.2 Å². The topological polar surface area (TPSA) is 20.3 Å². The summed E-state index contributed by atoms with van der Waals surface area (Å²) in [6, 6.07) is 15.8. The Labute approximate surface area is 219 Å². The van der Waals surface area contributed by atoms with Crippen LogP contribution in [0.4, 0.5) is 13.2 Å². The fourth-order valence-electron chi connectivity index (χ4n) is 5.03. The van der Waals surface area contributed by atoms with Crippen molar-refractivity contribution in [3.8, 4) is 0 Å². The Kier molecular flexibility index (Phi) is 9.93. The molecule has 6 heteroatoms. The Morgan fingerprint density at radius 3 is 1.92 bits per heavy atom. The summed E-state index contributed by atoms with van der Waals surface area (Å²) in [5, 5.41) is 0. The van der Waals surface area contributed by atoms with Crippen LogP contribution in [0.3, 0.4) is 0 Å². The molecular formula is C31H38F3N2O+. The summed E-state index contributed by atoms with van der Waals surface area (Å²) in [5.74, 6) is -1.68. The molecule has 0 fully saturated rings. The Balaban J connectivity index is 1.72. The lowest BCUT2D eigenvalue weighted by molar-refractivity contribution is -0.938. The summed E-state index contributed by atoms with van der Waals surface area (Å²) in [5.41, 5.74) is 4.10. The van der Waals surface area contributed by atoms with Crippen molar-refractivity contribution >= 4 is 5.91 Å². The molecule has 0 N–H and O–H groups in total. The maximum Gasteiger partial charge on any atom is 0.254 e. The van der Waals surface area contributed by atoms with Gasteiger partial charge in [0.25, 0.3) is 5.91 Å². The first-order chi connectivity index (χ1) is 17.6. The van der Waals surface area contributed by atoms with Crippen LogP contribution in [0, 0.1) is 31.3 Å². The average Bonchev–Trinajstić information content (AvgIpc) is 2.85. The van der Waals surface area contributed by atoms with Crippen molar-refractivity contribution in [1.29, 1.82) is 0 Å². The van der Waals surface area contributed by atoms with Gasteiger partial charge in [-0.05, 0) is 82.5 Å². The number of carbonyl (C=O) groups is 1. The molecule has 3 nitrogen and oxygen atoms in total. The SMILES string of the molecule is CC[N+](CC)(CCCCN(Cc1cc(F)cc(F)c1)C(=O)c1cc(C)cc(C)c1)Cc1ccc(F)cc1. The van der Waals surface area contributed by atoms with Gasteiger partial charge in [0.15, 0.2) is 0 Å². The molecule has 3 rings (SSSR count). The average molecular weight is 512 g/mol. The monoisotopic (exact) mass is 511 g/mol. The smallest absolute Gasteiger partial charge is 0.254 e. The first-order valence-corrected chi connectivity index (χ1v) is 13.0. The van der Waals surface area contributed by atoms with Gasteiger partial charge in [0.05, 0.1) is 19.6 Å². The minimum absolute atomic E-state index is 0.137. The zero-order valence-corrected chi connectivity index (χ0v) is 22.4. The number of amides is 1. The number of hydrogen-bond acceptors (Lipinski definition) is 1. The van der Waals surface area contributed by atoms with Gasteiger partial charge in [0.2, 0.25) is 0 Å². The number of nitrogens with zero attached hydrogens (tertiary/aromatic N) is 2. The van der Waals surface area contributed by atoms with E-state index in [1.165, 1.54) is 24.3 Å². The highest BCUT2D eigenvalue weighted by Crippen LogP contribution is 2.19. The molecule has 0 bridgehead atoms. The molecule has 0 saturated carbocycles. The number of hydrogen-bond donors (Lipinski definition) is 0. The fraction of sp³-hybridized carbons (Fsp3) is 0.387. The number of quaternary nitrogens is 1. The molecule has 0 radical (unpaired) electrons. The summed E-state index contributed by atoms with van der Waals surface area (Å²) < 4.78 is 41.9. The van der Waals surface area contributed by atoms with Crippen LogP contribution in [0.1, 0.15) is 59.3 Å². The lowest BCUT2D eigenvalue weighted by Crippen LogP contribution is -2.47. The Morgan fingerprint density at radius 2 is 1.35 bits per heavy atom. The van der Waals surface area contributed by atoms with Crippen molar-refractivity contribution in [3.05, 3.63) is 106 Å². The highest BCUT2D eigenvalue weighted by atomic mass is 19.1. The minimum atomic E-state index is -0.650. The van der Waals surface area contributed by atoms with E-state index in [4.69, 9.17) is 0 Å². The van der Waals surface area contributed by atoms with Crippen molar-refractivity contribution < 1.29 is 22.4 Å². The molecule has 0 atom stereocenters. The molecule has 3 aromatic rings. The summed E-state index contributed by atoms with van der Waals surface area (Å²) in [6.07, 6.45) is 1.65. The van der Waals surface area contributed by atoms with E-state index in [-0.39, 0.29) is 18.3 Å². The molecule has 0 heterocycles. The number of aryl methyl sites for hydroxylation is 2. The lowest BCUT2D eigenvalue weighted by atomic mass is 10.1. The van der Waals surface area contributed by atoms with E-state index < -0.39 is 11.6 Å². The van der Waals surface area contributed by atoms with E-state index >= 15 is 0 Å². The number of unbranched alkanes of at least 4 members (excludes halogenated alkanes) is 1. The van der Waals surface area contributed by atoms with Crippen LogP contribution < -0.4 is 0 Å². The Bertz CT molecular complexity index is 1150. The van der Waals surface area contributed by atoms with E-state index in [1.807, 2.05) is 44.2 Å². The minimum Gasteiger partial charge on any atom is -0.334 e. The number of rotatable bonds is 12. The third-order valence-electron chi connectivity index (χ3n) is 7.13. The standard InChI is InChI=1S/C31H38F3N2O/c1-5-36(6-2,22-25-9-11-28(32)12-10-25)14-8-7-13-35(21-26-18-29(33)20-30(34)19-26)31(37)27-16-23(3)15-24(4)17-27/h9-12,15-20H,5-8,13-14,21-22H2,1-4H3/q+1. The van der Waals surface area contributed by atoms with Crippen molar-refractivity contribution in [2.45, 2.75) is 53.6 Å². The molecule has 37 heavy (non-hydrogen) atoms. The highest BCUT2D eigenvalue weighted by molar-refractivity contribution is 5.94. The highest BCUT2D eigenvalue weighted by Gasteiger charge is 2.24. The second kappa shape index (κ2) is 12.9. The number of halogens is 3. The van der Waals surface area contributed by atoms with Crippen LogP contribution in [-0.4, -0.2) is 41.5 Å². The molecule has 1 amide bonds. The van der Waals surface area contributed by atoms with Gasteiger partial charge >= 0.3 is 0 Å². The Morgan fingerprint density at radius 1 is 0.757 bits per heavy atom. The number of carbonyl (C=O) groups excluding carboxylic acids is 1. The van der Waals surface area contributed by atoms with Crippen LogP contribution in [0.15, 0.2) is 60.7 Å². The third kappa shape index (κ3) is 8.19. The maximum absolute atomic E-state index is 13.9. The van der Waals surface area contributed by atoms with Crippen molar-refractivity contribution in [3.63, 3.8) is 0 Å². The van der Waals surface area contributed by atoms with Gasteiger partial charge < -0.3 is 9.38 Å². The van der Waals surface area contributed by atoms with Crippen molar-refractivity contribution in [1.82, 2.24) is 4.90 Å². The number of benzene rings is 3. The molecule has 198 valence electrons. The first kappa shape index (κ1) is 28.5. The maximum atomic E-state index is 13.9. The molecular weight excluding hydrogens is 473 g/mol. The van der Waals surface area contributed by atoms with Crippen LogP contribution in [0.2, 0.25) is 0 Å². The predicted octanol–water partition coefficient (Wildman–Crippen LogP) is 7.20. The molecule has 3 aromatic carbocycles. The van der Waals surface area contributed by atoms with E-state index in [0.717, 1.165) is 66.3 Å². The van der Waals surface area contributed by atoms with Crippen molar-refractivity contribution in [2.24, 2.45) is 0 Å². The van der Waals surface area contributed by atoms with Crippen molar-refractivity contribution in [2.75, 3.05) is 26.2 Å². The van der Waals surface area contributed by atoms with Crippen LogP contribution in [0.25, 0.3) is 0 Å². The Hall–Kier alpha value is -3.12. The molecule has 0 spiro atoms. The molecule has 0 unspecified atom stereocenters. The van der Waals surface area contributed by atoms with Gasteiger partial charge in [-0.15, -0.1) is 0 Å². The van der Waals surface area contributed by atoms with E-state index in [0.29, 0.717) is 17.7 Å². The lowest BCUT2D eigenvalue weighted by Gasteiger charge is -2.37. The van der Waals surface area contributed by atoms with Gasteiger partial charge in [-0.1, -0.05) is 29.3 Å². The van der Waals surface area contributed by atoms with Gasteiger partial charge in [-0.3, -0.25) is 4.79 Å². The second-order valence-electron chi connectivity index (χ2n) is 10.1. The zero-order valence-electron chi connectivity index (χ0n) is 22.4. The van der Waals surface area contributed by atoms with E-state index in [9.17, 15) is 18.0 Å². The van der Waals surface area contributed by atoms with Crippen LogP contribution in [-0.2, 0) is 13.1 Å². The zero-order chi connectivity index (χ0) is 27.0. The predicted molar refractivity (Wildman–Crippen MR) is 143 cm³/mol. The summed E-state index contributed by atoms with van der Waals surface area (Å²) >= 11 is 0.